The summed E-state index contributed by atoms with van der Waals surface area (Å²) in [4.78, 5) is 28.6. The number of pyridine rings is 1. The van der Waals surface area contributed by atoms with Crippen LogP contribution in [0.5, 0.6) is 0 Å². The van der Waals surface area contributed by atoms with Gasteiger partial charge in [0.25, 0.3) is 0 Å². The van der Waals surface area contributed by atoms with Crippen molar-refractivity contribution in [3.05, 3.63) is 30.1 Å². The molecular formula is C12H15N3O2. The van der Waals surface area contributed by atoms with Crippen LogP contribution < -0.4 is 5.73 Å². The molecule has 1 atom stereocenters. The molecule has 90 valence electrons. The highest BCUT2D eigenvalue weighted by Gasteiger charge is 2.30. The topological polar surface area (TPSA) is 76.3 Å². The van der Waals surface area contributed by atoms with Gasteiger partial charge in [-0.05, 0) is 18.1 Å². The molecule has 1 fully saturated rings. The van der Waals surface area contributed by atoms with Crippen LogP contribution in [0, 0.1) is 0 Å². The van der Waals surface area contributed by atoms with Crippen molar-refractivity contribution in [2.24, 2.45) is 5.73 Å². The average Bonchev–Trinajstić information content (AvgIpc) is 2.73. The molecule has 2 rings (SSSR count). The van der Waals surface area contributed by atoms with Gasteiger partial charge in [0.1, 0.15) is 0 Å². The monoisotopic (exact) mass is 233 g/mol. The number of rotatable bonds is 4. The van der Waals surface area contributed by atoms with E-state index in [0.29, 0.717) is 13.0 Å². The highest BCUT2D eigenvalue weighted by atomic mass is 16.2. The van der Waals surface area contributed by atoms with Crippen LogP contribution in [0.1, 0.15) is 30.9 Å². The summed E-state index contributed by atoms with van der Waals surface area (Å²) in [5.41, 5.74) is 6.11. The van der Waals surface area contributed by atoms with E-state index >= 15 is 0 Å². The summed E-state index contributed by atoms with van der Waals surface area (Å²) in [5.74, 6) is -0.321. The van der Waals surface area contributed by atoms with Crippen molar-refractivity contribution >= 4 is 11.8 Å². The van der Waals surface area contributed by atoms with E-state index in [1.54, 1.807) is 23.4 Å². The Morgan fingerprint density at radius 3 is 2.94 bits per heavy atom. The Kier molecular flexibility index (Phi) is 3.37. The van der Waals surface area contributed by atoms with Gasteiger partial charge in [0.15, 0.2) is 0 Å². The molecule has 0 spiro atoms. The fourth-order valence-corrected chi connectivity index (χ4v) is 2.17. The fraction of sp³-hybridized carbons (Fsp3) is 0.417. The maximum Gasteiger partial charge on any atom is 0.223 e. The third-order valence-electron chi connectivity index (χ3n) is 2.95. The average molecular weight is 233 g/mol. The lowest BCUT2D eigenvalue weighted by molar-refractivity contribution is -0.130. The van der Waals surface area contributed by atoms with Crippen molar-refractivity contribution in [2.45, 2.75) is 25.3 Å². The van der Waals surface area contributed by atoms with E-state index in [1.165, 1.54) is 0 Å². The summed E-state index contributed by atoms with van der Waals surface area (Å²) < 4.78 is 0. The number of carbonyl (C=O) groups is 2. The van der Waals surface area contributed by atoms with Crippen molar-refractivity contribution in [2.75, 3.05) is 6.54 Å². The van der Waals surface area contributed by atoms with Gasteiger partial charge < -0.3 is 10.6 Å². The van der Waals surface area contributed by atoms with Crippen LogP contribution in [0.25, 0.3) is 0 Å². The molecular weight excluding hydrogens is 218 g/mol. The third kappa shape index (κ3) is 2.61. The van der Waals surface area contributed by atoms with Crippen LogP contribution in [0.2, 0.25) is 0 Å². The summed E-state index contributed by atoms with van der Waals surface area (Å²) in [7, 11) is 0. The molecule has 0 bridgehead atoms. The van der Waals surface area contributed by atoms with E-state index in [2.05, 4.69) is 4.98 Å². The molecule has 0 aromatic carbocycles. The molecule has 2 heterocycles. The quantitative estimate of drug-likeness (QED) is 0.828. The number of likely N-dealkylation sites (tertiary alicyclic amines) is 1. The largest absolute Gasteiger partial charge is 0.370 e. The Morgan fingerprint density at radius 2 is 2.41 bits per heavy atom. The van der Waals surface area contributed by atoms with Crippen LogP contribution >= 0.6 is 0 Å². The molecule has 0 aliphatic carbocycles. The standard InChI is InChI=1S/C12H15N3O2/c13-11(16)7-10(9-3-1-5-14-8-9)15-6-2-4-12(15)17/h1,3,5,8,10H,2,4,6-7H2,(H2,13,16). The summed E-state index contributed by atoms with van der Waals surface area (Å²) in [6.45, 7) is 0.686. The maximum atomic E-state index is 11.7. The Balaban J connectivity index is 2.25. The van der Waals surface area contributed by atoms with Gasteiger partial charge in [-0.3, -0.25) is 14.6 Å². The molecule has 1 aliphatic rings. The van der Waals surface area contributed by atoms with E-state index in [-0.39, 0.29) is 18.4 Å². The Bertz CT molecular complexity index is 419. The van der Waals surface area contributed by atoms with Gasteiger partial charge in [0.2, 0.25) is 11.8 Å². The molecule has 2 amide bonds. The smallest absolute Gasteiger partial charge is 0.223 e. The Morgan fingerprint density at radius 1 is 1.59 bits per heavy atom. The van der Waals surface area contributed by atoms with E-state index in [4.69, 9.17) is 5.73 Å². The molecule has 0 saturated carbocycles. The maximum absolute atomic E-state index is 11.7. The first-order chi connectivity index (χ1) is 8.18. The minimum Gasteiger partial charge on any atom is -0.370 e. The minimum atomic E-state index is -0.404. The Hall–Kier alpha value is -1.91. The number of nitrogens with zero attached hydrogens (tertiary/aromatic N) is 2. The second-order valence-corrected chi connectivity index (χ2v) is 4.16. The molecule has 17 heavy (non-hydrogen) atoms. The lowest BCUT2D eigenvalue weighted by atomic mass is 10.0. The molecule has 1 aromatic heterocycles. The normalized spacial score (nSPS) is 17.2. The van der Waals surface area contributed by atoms with Crippen LogP contribution in [0.15, 0.2) is 24.5 Å². The van der Waals surface area contributed by atoms with E-state index in [1.807, 2.05) is 6.07 Å². The third-order valence-corrected chi connectivity index (χ3v) is 2.95. The minimum absolute atomic E-state index is 0.0834. The van der Waals surface area contributed by atoms with Crippen molar-refractivity contribution in [3.8, 4) is 0 Å². The molecule has 5 heteroatoms. The van der Waals surface area contributed by atoms with Crippen molar-refractivity contribution in [1.29, 1.82) is 0 Å². The number of hydrogen-bond acceptors (Lipinski definition) is 3. The summed E-state index contributed by atoms with van der Waals surface area (Å²) in [6.07, 6.45) is 4.89. The van der Waals surface area contributed by atoms with E-state index < -0.39 is 5.91 Å². The number of aromatic nitrogens is 1. The lowest BCUT2D eigenvalue weighted by Gasteiger charge is -2.26. The first-order valence-electron chi connectivity index (χ1n) is 5.66. The zero-order chi connectivity index (χ0) is 12.3. The predicted molar refractivity (Wildman–Crippen MR) is 61.7 cm³/mol. The molecule has 0 radical (unpaired) electrons. The van der Waals surface area contributed by atoms with Gasteiger partial charge in [-0.2, -0.15) is 0 Å². The molecule has 5 nitrogen and oxygen atoms in total. The lowest BCUT2D eigenvalue weighted by Crippen LogP contribution is -2.33. The fourth-order valence-electron chi connectivity index (χ4n) is 2.17. The number of primary amides is 1. The van der Waals surface area contributed by atoms with Crippen LogP contribution in [-0.2, 0) is 9.59 Å². The van der Waals surface area contributed by atoms with E-state index in [0.717, 1.165) is 12.0 Å². The number of amides is 2. The highest BCUT2D eigenvalue weighted by molar-refractivity contribution is 5.80. The number of carbonyl (C=O) groups excluding carboxylic acids is 2. The first-order valence-corrected chi connectivity index (χ1v) is 5.66. The SMILES string of the molecule is NC(=O)CC(c1cccnc1)N1CCCC1=O. The molecule has 1 saturated heterocycles. The van der Waals surface area contributed by atoms with Crippen molar-refractivity contribution in [1.82, 2.24) is 9.88 Å². The second-order valence-electron chi connectivity index (χ2n) is 4.16. The molecule has 1 unspecified atom stereocenters. The van der Waals surface area contributed by atoms with Crippen LogP contribution in [0.4, 0.5) is 0 Å². The first kappa shape index (κ1) is 11.6. The van der Waals surface area contributed by atoms with Gasteiger partial charge in [0, 0.05) is 25.4 Å². The summed E-state index contributed by atoms with van der Waals surface area (Å²) in [6, 6.07) is 3.40. The molecule has 2 N–H and O–H groups in total. The number of nitrogens with two attached hydrogens (primary N) is 1. The zero-order valence-electron chi connectivity index (χ0n) is 9.50. The van der Waals surface area contributed by atoms with Gasteiger partial charge in [-0.25, -0.2) is 0 Å². The zero-order valence-corrected chi connectivity index (χ0v) is 9.50. The van der Waals surface area contributed by atoms with Crippen LogP contribution in [0.3, 0.4) is 0 Å². The van der Waals surface area contributed by atoms with Gasteiger partial charge in [0.05, 0.1) is 12.5 Å². The number of hydrogen-bond donors (Lipinski definition) is 1. The molecule has 1 aromatic rings. The predicted octanol–water partition coefficient (Wildman–Crippen LogP) is 0.621. The van der Waals surface area contributed by atoms with Crippen molar-refractivity contribution in [3.63, 3.8) is 0 Å². The summed E-state index contributed by atoms with van der Waals surface area (Å²) in [5, 5.41) is 0. The van der Waals surface area contributed by atoms with Gasteiger partial charge in [-0.15, -0.1) is 0 Å². The van der Waals surface area contributed by atoms with Crippen LogP contribution in [-0.4, -0.2) is 28.2 Å². The second kappa shape index (κ2) is 4.95. The van der Waals surface area contributed by atoms with E-state index in [9.17, 15) is 9.59 Å². The van der Waals surface area contributed by atoms with Gasteiger partial charge in [-0.1, -0.05) is 6.07 Å². The summed E-state index contributed by atoms with van der Waals surface area (Å²) >= 11 is 0. The molecule has 1 aliphatic heterocycles. The van der Waals surface area contributed by atoms with Crippen molar-refractivity contribution < 1.29 is 9.59 Å². The Labute approximate surface area is 99.6 Å². The van der Waals surface area contributed by atoms with Gasteiger partial charge >= 0.3 is 0 Å². The highest BCUT2D eigenvalue weighted by Crippen LogP contribution is 2.27.